The van der Waals surface area contributed by atoms with Crippen LogP contribution in [-0.4, -0.2) is 84.1 Å². The van der Waals surface area contributed by atoms with Crippen molar-refractivity contribution in [2.45, 2.75) is 51.6 Å². The van der Waals surface area contributed by atoms with Crippen LogP contribution in [0.15, 0.2) is 43.0 Å². The normalized spacial score (nSPS) is 21.6. The molecule has 3 heterocycles. The number of rotatable bonds is 7. The van der Waals surface area contributed by atoms with Gasteiger partial charge in [0.05, 0.1) is 5.52 Å². The maximum atomic E-state index is 16.1. The Hall–Kier alpha value is -4.03. The van der Waals surface area contributed by atoms with Gasteiger partial charge >= 0.3 is 6.01 Å². The van der Waals surface area contributed by atoms with Gasteiger partial charge in [0.25, 0.3) is 0 Å². The standard InChI is InChI=1S/C34H39FN6O2/c1-6-31(42)41-14-13-40(20-24(41)19-36-4)32-27-15-29(35)26(25-11-7-9-22-17-34(2,3)18-28(22)25)16-30(27)37-33(38-32)43-21-23-10-8-12-39(23)5/h6-7,9,11,15-16,23-24H,1,8,10,12-14,17-21H2,2-3,5H3/t23-,24-/m0/s1. The summed E-state index contributed by atoms with van der Waals surface area (Å²) in [5.74, 6) is 0.0417. The monoisotopic (exact) mass is 582 g/mol. The number of piperazine rings is 1. The van der Waals surface area contributed by atoms with Gasteiger partial charge in [-0.3, -0.25) is 4.79 Å². The third-order valence-electron chi connectivity index (χ3n) is 9.25. The number of likely N-dealkylation sites (N-methyl/N-ethyl adjacent to an activating group) is 1. The Labute approximate surface area is 253 Å². The molecule has 0 unspecified atom stereocenters. The van der Waals surface area contributed by atoms with E-state index in [9.17, 15) is 4.79 Å². The molecule has 0 bridgehead atoms. The molecule has 8 nitrogen and oxygen atoms in total. The summed E-state index contributed by atoms with van der Waals surface area (Å²) in [7, 11) is 2.10. The van der Waals surface area contributed by atoms with Gasteiger partial charge in [-0.05, 0) is 79.6 Å². The zero-order valence-electron chi connectivity index (χ0n) is 25.3. The molecular weight excluding hydrogens is 543 g/mol. The number of likely N-dealkylation sites (tertiary alicyclic amines) is 1. The predicted molar refractivity (Wildman–Crippen MR) is 167 cm³/mol. The molecule has 1 amide bonds. The van der Waals surface area contributed by atoms with Crippen molar-refractivity contribution in [2.75, 3.05) is 51.3 Å². The molecule has 0 saturated carbocycles. The van der Waals surface area contributed by atoms with Crippen molar-refractivity contribution in [3.05, 3.63) is 71.3 Å². The molecule has 0 spiro atoms. The van der Waals surface area contributed by atoms with Gasteiger partial charge < -0.3 is 24.3 Å². The molecule has 2 fully saturated rings. The van der Waals surface area contributed by atoms with Crippen LogP contribution in [0.5, 0.6) is 6.01 Å². The van der Waals surface area contributed by atoms with Crippen LogP contribution in [0.1, 0.15) is 37.8 Å². The highest BCUT2D eigenvalue weighted by molar-refractivity contribution is 5.94. The van der Waals surface area contributed by atoms with Gasteiger partial charge in [0.1, 0.15) is 24.3 Å². The number of fused-ring (bicyclic) bond motifs is 2. The van der Waals surface area contributed by atoms with Crippen molar-refractivity contribution in [3.63, 3.8) is 0 Å². The molecule has 2 aromatic carbocycles. The Balaban J connectivity index is 1.42. The van der Waals surface area contributed by atoms with Crippen LogP contribution in [-0.2, 0) is 17.6 Å². The molecule has 3 aromatic rings. The van der Waals surface area contributed by atoms with Crippen LogP contribution in [0.25, 0.3) is 26.9 Å². The fourth-order valence-corrected chi connectivity index (χ4v) is 7.02. The highest BCUT2D eigenvalue weighted by Crippen LogP contribution is 2.42. The summed E-state index contributed by atoms with van der Waals surface area (Å²) < 4.78 is 22.3. The number of hydrogen-bond acceptors (Lipinski definition) is 6. The lowest BCUT2D eigenvalue weighted by atomic mass is 9.89. The Bertz CT molecular complexity index is 1610. The molecule has 43 heavy (non-hydrogen) atoms. The number of anilines is 1. The van der Waals surface area contributed by atoms with E-state index >= 15 is 4.39 Å². The number of carbonyl (C=O) groups excluding carboxylic acids is 1. The molecule has 2 saturated heterocycles. The molecule has 0 N–H and O–H groups in total. The van der Waals surface area contributed by atoms with E-state index in [2.05, 4.69) is 43.3 Å². The Morgan fingerprint density at radius 2 is 2.02 bits per heavy atom. The maximum absolute atomic E-state index is 16.1. The van der Waals surface area contributed by atoms with Crippen molar-refractivity contribution >= 4 is 22.6 Å². The Morgan fingerprint density at radius 3 is 2.77 bits per heavy atom. The zero-order chi connectivity index (χ0) is 30.3. The predicted octanol–water partition coefficient (Wildman–Crippen LogP) is 5.16. The van der Waals surface area contributed by atoms with Crippen LogP contribution in [0, 0.1) is 17.8 Å². The number of halogens is 1. The fourth-order valence-electron chi connectivity index (χ4n) is 7.02. The highest BCUT2D eigenvalue weighted by atomic mass is 19.1. The smallest absolute Gasteiger partial charge is 0.319 e. The third kappa shape index (κ3) is 5.68. The first-order chi connectivity index (χ1) is 20.7. The number of aromatic nitrogens is 2. The van der Waals surface area contributed by atoms with Gasteiger partial charge in [-0.15, -0.1) is 0 Å². The molecule has 2 aliphatic heterocycles. The molecule has 0 radical (unpaired) electrons. The lowest BCUT2D eigenvalue weighted by Gasteiger charge is -2.39. The van der Waals surface area contributed by atoms with Crippen molar-refractivity contribution in [1.29, 1.82) is 0 Å². The summed E-state index contributed by atoms with van der Waals surface area (Å²) in [6.45, 7) is 18.5. The number of amides is 1. The summed E-state index contributed by atoms with van der Waals surface area (Å²) in [6, 6.07) is 9.75. The van der Waals surface area contributed by atoms with Gasteiger partial charge in [-0.25, -0.2) is 11.0 Å². The molecule has 1 aromatic heterocycles. The first-order valence-corrected chi connectivity index (χ1v) is 15.1. The van der Waals surface area contributed by atoms with E-state index < -0.39 is 0 Å². The quantitative estimate of drug-likeness (QED) is 0.284. The van der Waals surface area contributed by atoms with E-state index in [-0.39, 0.29) is 35.7 Å². The average Bonchev–Trinajstić information content (AvgIpc) is 3.55. The number of nitrogens with zero attached hydrogens (tertiary/aromatic N) is 6. The number of hydrogen-bond donors (Lipinski definition) is 0. The van der Waals surface area contributed by atoms with E-state index in [1.54, 1.807) is 11.0 Å². The second-order valence-corrected chi connectivity index (χ2v) is 12.9. The largest absolute Gasteiger partial charge is 0.462 e. The molecular formula is C34H39FN6O2. The van der Waals surface area contributed by atoms with Gasteiger partial charge in [0, 0.05) is 36.6 Å². The van der Waals surface area contributed by atoms with E-state index in [4.69, 9.17) is 21.3 Å². The maximum Gasteiger partial charge on any atom is 0.319 e. The first-order valence-electron chi connectivity index (χ1n) is 15.1. The van der Waals surface area contributed by atoms with Crippen molar-refractivity contribution in [1.82, 2.24) is 19.8 Å². The molecule has 3 aliphatic rings. The van der Waals surface area contributed by atoms with Crippen LogP contribution in [0.4, 0.5) is 10.2 Å². The molecule has 2 atom stereocenters. The Morgan fingerprint density at radius 1 is 1.19 bits per heavy atom. The van der Waals surface area contributed by atoms with Crippen molar-refractivity contribution < 1.29 is 13.9 Å². The van der Waals surface area contributed by atoms with E-state index in [1.165, 1.54) is 17.2 Å². The SMILES string of the molecule is [C-]#[N+]C[C@H]1CN(c2nc(OC[C@@H]3CCCN3C)nc3cc(-c4cccc5c4CC(C)(C)C5)c(F)cc23)CCN1C(=O)C=C. The minimum atomic E-state index is -0.336. The van der Waals surface area contributed by atoms with E-state index in [0.717, 1.165) is 37.8 Å². The van der Waals surface area contributed by atoms with E-state index in [1.807, 2.05) is 23.1 Å². The summed E-state index contributed by atoms with van der Waals surface area (Å²) in [5, 5.41) is 0.588. The number of benzene rings is 2. The van der Waals surface area contributed by atoms with Gasteiger partial charge in [-0.2, -0.15) is 9.97 Å². The molecule has 6 rings (SSSR count). The topological polar surface area (TPSA) is 66.2 Å². The minimum absolute atomic E-state index is 0.131. The second kappa shape index (κ2) is 11.6. The first kappa shape index (κ1) is 29.1. The average molecular weight is 583 g/mol. The molecule has 224 valence electrons. The molecule has 1 aliphatic carbocycles. The summed E-state index contributed by atoms with van der Waals surface area (Å²) in [6.07, 6.45) is 5.34. The van der Waals surface area contributed by atoms with Gasteiger partial charge in [-0.1, -0.05) is 38.6 Å². The van der Waals surface area contributed by atoms with Gasteiger partial charge in [0.2, 0.25) is 12.5 Å². The van der Waals surface area contributed by atoms with Crippen LogP contribution >= 0.6 is 0 Å². The van der Waals surface area contributed by atoms with Crippen LogP contribution in [0.2, 0.25) is 0 Å². The fraction of sp³-hybridized carbons (Fsp3) is 0.471. The van der Waals surface area contributed by atoms with Crippen LogP contribution in [0.3, 0.4) is 0 Å². The highest BCUT2D eigenvalue weighted by Gasteiger charge is 2.34. The van der Waals surface area contributed by atoms with Crippen LogP contribution < -0.4 is 9.64 Å². The number of ether oxygens (including phenoxy) is 1. The summed E-state index contributed by atoms with van der Waals surface area (Å²) >= 11 is 0. The van der Waals surface area contributed by atoms with E-state index in [0.29, 0.717) is 54.6 Å². The lowest BCUT2D eigenvalue weighted by Crippen LogP contribution is -2.56. The molecule has 9 heteroatoms. The third-order valence-corrected chi connectivity index (χ3v) is 9.25. The zero-order valence-corrected chi connectivity index (χ0v) is 25.3. The minimum Gasteiger partial charge on any atom is -0.462 e. The van der Waals surface area contributed by atoms with Gasteiger partial charge in [0.15, 0.2) is 0 Å². The van der Waals surface area contributed by atoms with Crippen molar-refractivity contribution in [3.8, 4) is 17.1 Å². The lowest BCUT2D eigenvalue weighted by molar-refractivity contribution is -0.128. The van der Waals surface area contributed by atoms with Crippen molar-refractivity contribution in [2.24, 2.45) is 5.41 Å². The Kier molecular flexibility index (Phi) is 7.82. The second-order valence-electron chi connectivity index (χ2n) is 12.9. The summed E-state index contributed by atoms with van der Waals surface area (Å²) in [4.78, 5) is 31.7. The summed E-state index contributed by atoms with van der Waals surface area (Å²) in [5.41, 5.74) is 4.65. The number of carbonyl (C=O) groups is 1.